The SMILES string of the molecule is CCOc1cccc(/C=C2\Oc3cc(O)ccc3C2=O)c1OC. The van der Waals surface area contributed by atoms with Crippen LogP contribution in [-0.2, 0) is 0 Å². The van der Waals surface area contributed by atoms with E-state index >= 15 is 0 Å². The number of carbonyl (C=O) groups is 1. The Morgan fingerprint density at radius 2 is 2.09 bits per heavy atom. The topological polar surface area (TPSA) is 65.0 Å². The molecule has 0 aliphatic carbocycles. The first-order valence-electron chi connectivity index (χ1n) is 7.21. The molecule has 1 aliphatic rings. The van der Waals surface area contributed by atoms with Crippen molar-refractivity contribution in [1.29, 1.82) is 0 Å². The fraction of sp³-hybridized carbons (Fsp3) is 0.167. The van der Waals surface area contributed by atoms with Crippen LogP contribution in [0.1, 0.15) is 22.8 Å². The molecule has 0 unspecified atom stereocenters. The molecule has 3 rings (SSSR count). The van der Waals surface area contributed by atoms with E-state index in [1.807, 2.05) is 19.1 Å². The second-order valence-electron chi connectivity index (χ2n) is 4.93. The van der Waals surface area contributed by atoms with Crippen molar-refractivity contribution < 1.29 is 24.1 Å². The Balaban J connectivity index is 2.00. The Labute approximate surface area is 133 Å². The third-order valence-corrected chi connectivity index (χ3v) is 3.45. The van der Waals surface area contributed by atoms with Crippen LogP contribution in [0, 0.1) is 0 Å². The number of aromatic hydroxyl groups is 1. The minimum atomic E-state index is -0.233. The van der Waals surface area contributed by atoms with Crippen LogP contribution in [0.5, 0.6) is 23.0 Å². The molecule has 0 fully saturated rings. The number of phenolic OH excluding ortho intramolecular Hbond substituents is 1. The molecule has 118 valence electrons. The molecule has 1 heterocycles. The van der Waals surface area contributed by atoms with Gasteiger partial charge in [0.2, 0.25) is 5.78 Å². The lowest BCUT2D eigenvalue weighted by molar-refractivity contribution is 0.101. The maximum atomic E-state index is 12.4. The van der Waals surface area contributed by atoms with Crippen LogP contribution in [-0.4, -0.2) is 24.6 Å². The molecule has 5 heteroatoms. The normalized spacial score (nSPS) is 14.5. The van der Waals surface area contributed by atoms with Gasteiger partial charge >= 0.3 is 0 Å². The molecule has 1 N–H and O–H groups in total. The fourth-order valence-corrected chi connectivity index (χ4v) is 2.45. The average Bonchev–Trinajstić information content (AvgIpc) is 2.83. The van der Waals surface area contributed by atoms with Gasteiger partial charge in [-0.05, 0) is 31.2 Å². The minimum absolute atomic E-state index is 0.0497. The van der Waals surface area contributed by atoms with Gasteiger partial charge in [-0.3, -0.25) is 4.79 Å². The number of rotatable bonds is 4. The number of phenols is 1. The van der Waals surface area contributed by atoms with E-state index in [1.165, 1.54) is 12.1 Å². The highest BCUT2D eigenvalue weighted by Crippen LogP contribution is 2.37. The molecule has 0 aromatic heterocycles. The maximum Gasteiger partial charge on any atom is 0.231 e. The molecular weight excluding hydrogens is 296 g/mol. The molecular formula is C18H16O5. The van der Waals surface area contributed by atoms with E-state index < -0.39 is 0 Å². The van der Waals surface area contributed by atoms with Gasteiger partial charge in [0.05, 0.1) is 19.3 Å². The second kappa shape index (κ2) is 6.04. The number of hydrogen-bond acceptors (Lipinski definition) is 5. The first kappa shape index (κ1) is 15.0. The predicted octanol–water partition coefficient (Wildman–Crippen LogP) is 3.42. The summed E-state index contributed by atoms with van der Waals surface area (Å²) in [4.78, 5) is 12.4. The zero-order valence-electron chi connectivity index (χ0n) is 12.8. The van der Waals surface area contributed by atoms with Crippen molar-refractivity contribution >= 4 is 11.9 Å². The van der Waals surface area contributed by atoms with Gasteiger partial charge in [-0.1, -0.05) is 12.1 Å². The smallest absolute Gasteiger partial charge is 0.231 e. The Bertz CT molecular complexity index is 792. The van der Waals surface area contributed by atoms with Crippen molar-refractivity contribution in [3.8, 4) is 23.0 Å². The first-order chi connectivity index (χ1) is 11.1. The minimum Gasteiger partial charge on any atom is -0.508 e. The second-order valence-corrected chi connectivity index (χ2v) is 4.93. The number of Topliss-reactive ketones (excluding diaryl/α,β-unsaturated/α-hetero) is 1. The van der Waals surface area contributed by atoms with E-state index in [4.69, 9.17) is 14.2 Å². The lowest BCUT2D eigenvalue weighted by Gasteiger charge is -2.11. The summed E-state index contributed by atoms with van der Waals surface area (Å²) in [6.45, 7) is 2.40. The van der Waals surface area contributed by atoms with Crippen molar-refractivity contribution in [2.75, 3.05) is 13.7 Å². The summed E-state index contributed by atoms with van der Waals surface area (Å²) in [7, 11) is 1.55. The molecule has 0 bridgehead atoms. The molecule has 0 spiro atoms. The monoisotopic (exact) mass is 312 g/mol. The molecule has 0 radical (unpaired) electrons. The number of ketones is 1. The standard InChI is InChI=1S/C18H16O5/c1-3-22-14-6-4-5-11(18(14)21-2)9-16-17(20)13-8-7-12(19)10-15(13)23-16/h4-10,19H,3H2,1-2H3/b16-9-. The van der Waals surface area contributed by atoms with Gasteiger partial charge in [0, 0.05) is 11.6 Å². The van der Waals surface area contributed by atoms with Crippen LogP contribution in [0.2, 0.25) is 0 Å². The van der Waals surface area contributed by atoms with E-state index in [0.29, 0.717) is 35.0 Å². The Morgan fingerprint density at radius 3 is 2.83 bits per heavy atom. The molecule has 0 saturated heterocycles. The van der Waals surface area contributed by atoms with Crippen LogP contribution < -0.4 is 14.2 Å². The van der Waals surface area contributed by atoms with E-state index in [9.17, 15) is 9.90 Å². The highest BCUT2D eigenvalue weighted by Gasteiger charge is 2.28. The highest BCUT2D eigenvalue weighted by molar-refractivity contribution is 6.14. The van der Waals surface area contributed by atoms with Crippen LogP contribution in [0.25, 0.3) is 6.08 Å². The first-order valence-corrected chi connectivity index (χ1v) is 7.21. The summed E-state index contributed by atoms with van der Waals surface area (Å²) in [6.07, 6.45) is 1.61. The van der Waals surface area contributed by atoms with E-state index in [0.717, 1.165) is 0 Å². The van der Waals surface area contributed by atoms with E-state index in [2.05, 4.69) is 0 Å². The number of allylic oxidation sites excluding steroid dienone is 1. The zero-order chi connectivity index (χ0) is 16.4. The molecule has 23 heavy (non-hydrogen) atoms. The lowest BCUT2D eigenvalue weighted by Crippen LogP contribution is -2.00. The number of methoxy groups -OCH3 is 1. The number of para-hydroxylation sites is 1. The molecule has 2 aromatic carbocycles. The maximum absolute atomic E-state index is 12.4. The van der Waals surface area contributed by atoms with Crippen molar-refractivity contribution in [2.45, 2.75) is 6.92 Å². The highest BCUT2D eigenvalue weighted by atomic mass is 16.5. The summed E-state index contributed by atoms with van der Waals surface area (Å²) in [5.41, 5.74) is 1.10. The lowest BCUT2D eigenvalue weighted by atomic mass is 10.1. The molecule has 0 amide bonds. The Hall–Kier alpha value is -2.95. The van der Waals surface area contributed by atoms with Crippen LogP contribution >= 0.6 is 0 Å². The average molecular weight is 312 g/mol. The number of carbonyl (C=O) groups excluding carboxylic acids is 1. The Morgan fingerprint density at radius 1 is 1.26 bits per heavy atom. The number of benzene rings is 2. The largest absolute Gasteiger partial charge is 0.508 e. The van der Waals surface area contributed by atoms with E-state index in [-0.39, 0.29) is 17.3 Å². The summed E-state index contributed by atoms with van der Waals surface area (Å²) in [5.74, 6) is 1.48. The summed E-state index contributed by atoms with van der Waals surface area (Å²) >= 11 is 0. The van der Waals surface area contributed by atoms with E-state index in [1.54, 1.807) is 25.3 Å². The van der Waals surface area contributed by atoms with Gasteiger partial charge in [0.25, 0.3) is 0 Å². The van der Waals surface area contributed by atoms with Crippen molar-refractivity contribution in [1.82, 2.24) is 0 Å². The molecule has 0 saturated carbocycles. The number of ether oxygens (including phenoxy) is 3. The quantitative estimate of drug-likeness (QED) is 0.876. The third kappa shape index (κ3) is 2.73. The van der Waals surface area contributed by atoms with Crippen molar-refractivity contribution in [3.63, 3.8) is 0 Å². The van der Waals surface area contributed by atoms with Crippen molar-refractivity contribution in [2.24, 2.45) is 0 Å². The zero-order valence-corrected chi connectivity index (χ0v) is 12.8. The fourth-order valence-electron chi connectivity index (χ4n) is 2.45. The van der Waals surface area contributed by atoms with Crippen LogP contribution in [0.3, 0.4) is 0 Å². The molecule has 5 nitrogen and oxygen atoms in total. The van der Waals surface area contributed by atoms with Crippen molar-refractivity contribution in [3.05, 3.63) is 53.3 Å². The van der Waals surface area contributed by atoms with Crippen LogP contribution in [0.4, 0.5) is 0 Å². The van der Waals surface area contributed by atoms with Gasteiger partial charge in [0.15, 0.2) is 17.3 Å². The molecule has 1 aliphatic heterocycles. The third-order valence-electron chi connectivity index (χ3n) is 3.45. The Kier molecular flexibility index (Phi) is 3.93. The van der Waals surface area contributed by atoms with Gasteiger partial charge in [-0.15, -0.1) is 0 Å². The summed E-state index contributed by atoms with van der Waals surface area (Å²) in [6, 6.07) is 9.85. The van der Waals surface area contributed by atoms with Gasteiger partial charge in [-0.2, -0.15) is 0 Å². The number of hydrogen-bond donors (Lipinski definition) is 1. The number of fused-ring (bicyclic) bond motifs is 1. The van der Waals surface area contributed by atoms with Gasteiger partial charge in [0.1, 0.15) is 11.5 Å². The predicted molar refractivity (Wildman–Crippen MR) is 85.2 cm³/mol. The van der Waals surface area contributed by atoms with Crippen LogP contribution in [0.15, 0.2) is 42.2 Å². The summed E-state index contributed by atoms with van der Waals surface area (Å²) < 4.78 is 16.5. The van der Waals surface area contributed by atoms with Gasteiger partial charge in [-0.25, -0.2) is 0 Å². The molecule has 2 aromatic rings. The summed E-state index contributed by atoms with van der Waals surface area (Å²) in [5, 5.41) is 9.49. The van der Waals surface area contributed by atoms with Gasteiger partial charge < -0.3 is 19.3 Å². The molecule has 0 atom stereocenters.